The topological polar surface area (TPSA) is 46.1 Å². The average molecular weight is 345 g/mol. The summed E-state index contributed by atoms with van der Waals surface area (Å²) in [5.74, 6) is 0.994. The number of guanidine groups is 1. The summed E-state index contributed by atoms with van der Waals surface area (Å²) in [7, 11) is 1.87. The van der Waals surface area contributed by atoms with Gasteiger partial charge in [0.1, 0.15) is 0 Å². The Labute approximate surface area is 151 Å². The molecule has 0 radical (unpaired) electrons. The number of nitrogens with zero attached hydrogens (tertiary/aromatic N) is 2. The molecule has 0 bridgehead atoms. The number of hydrogen-bond donors (Lipinski definition) is 1. The zero-order valence-electron chi connectivity index (χ0n) is 15.6. The molecule has 0 saturated carbocycles. The minimum atomic E-state index is 0.351. The van der Waals surface area contributed by atoms with Gasteiger partial charge < -0.3 is 19.7 Å². The summed E-state index contributed by atoms with van der Waals surface area (Å²) < 4.78 is 11.4. The Morgan fingerprint density at radius 3 is 2.88 bits per heavy atom. The van der Waals surface area contributed by atoms with E-state index in [9.17, 15) is 0 Å². The van der Waals surface area contributed by atoms with Gasteiger partial charge in [0.05, 0.1) is 13.2 Å². The van der Waals surface area contributed by atoms with Crippen molar-refractivity contribution in [3.63, 3.8) is 0 Å². The molecule has 1 unspecified atom stereocenters. The molecule has 2 heterocycles. The molecule has 2 aliphatic heterocycles. The summed E-state index contributed by atoms with van der Waals surface area (Å²) in [5, 5.41) is 3.54. The van der Waals surface area contributed by atoms with E-state index >= 15 is 0 Å². The van der Waals surface area contributed by atoms with Gasteiger partial charge in [-0.15, -0.1) is 0 Å². The summed E-state index contributed by atoms with van der Waals surface area (Å²) in [5.41, 5.74) is 2.88. The fourth-order valence-corrected chi connectivity index (χ4v) is 3.79. The van der Waals surface area contributed by atoms with Crippen LogP contribution in [0.4, 0.5) is 0 Å². The van der Waals surface area contributed by atoms with Gasteiger partial charge in [-0.1, -0.05) is 31.2 Å². The van der Waals surface area contributed by atoms with E-state index in [1.54, 1.807) is 0 Å². The van der Waals surface area contributed by atoms with Crippen molar-refractivity contribution in [2.75, 3.05) is 40.0 Å². The van der Waals surface area contributed by atoms with Gasteiger partial charge in [0.25, 0.3) is 0 Å². The van der Waals surface area contributed by atoms with Crippen LogP contribution in [0.5, 0.6) is 0 Å². The number of aliphatic imine (C=N–C) groups is 1. The molecule has 1 spiro atoms. The fraction of sp³-hybridized carbons (Fsp3) is 0.650. The van der Waals surface area contributed by atoms with Crippen molar-refractivity contribution < 1.29 is 9.47 Å². The van der Waals surface area contributed by atoms with Crippen LogP contribution in [0, 0.1) is 5.41 Å². The van der Waals surface area contributed by atoms with Gasteiger partial charge in [0, 0.05) is 45.3 Å². The summed E-state index contributed by atoms with van der Waals surface area (Å²) in [6.07, 6.45) is 3.43. The molecule has 5 heteroatoms. The van der Waals surface area contributed by atoms with Gasteiger partial charge in [-0.05, 0) is 30.4 Å². The third kappa shape index (κ3) is 4.53. The molecule has 0 aromatic heterocycles. The third-order valence-corrected chi connectivity index (χ3v) is 5.30. The van der Waals surface area contributed by atoms with Gasteiger partial charge in [0.2, 0.25) is 0 Å². The highest BCUT2D eigenvalue weighted by atomic mass is 16.5. The molecule has 2 saturated heterocycles. The maximum absolute atomic E-state index is 5.72. The first-order chi connectivity index (χ1) is 12.3. The molecular formula is C20H31N3O2. The highest BCUT2D eigenvalue weighted by molar-refractivity contribution is 5.80. The standard InChI is InChI=1S/C20H31N3O2/c1-3-11-24-14-18-7-5-4-6-17(18)13-22-19(21-2)23-10-8-20(15-23)9-12-25-16-20/h4-7H,3,8-16H2,1-2H3,(H,21,22). The zero-order chi connectivity index (χ0) is 17.5. The second kappa shape index (κ2) is 8.68. The highest BCUT2D eigenvalue weighted by Crippen LogP contribution is 2.38. The Kier molecular flexibility index (Phi) is 6.32. The van der Waals surface area contributed by atoms with Crippen molar-refractivity contribution in [2.45, 2.75) is 39.3 Å². The molecule has 1 atom stereocenters. The van der Waals surface area contributed by atoms with Crippen LogP contribution in [-0.4, -0.2) is 50.8 Å². The Bertz CT molecular complexity index is 582. The van der Waals surface area contributed by atoms with Crippen molar-refractivity contribution in [3.05, 3.63) is 35.4 Å². The predicted molar refractivity (Wildman–Crippen MR) is 101 cm³/mol. The Balaban J connectivity index is 1.57. The minimum absolute atomic E-state index is 0.351. The average Bonchev–Trinajstić information content (AvgIpc) is 3.27. The van der Waals surface area contributed by atoms with Crippen molar-refractivity contribution in [1.29, 1.82) is 0 Å². The lowest BCUT2D eigenvalue weighted by molar-refractivity contribution is 0.121. The lowest BCUT2D eigenvalue weighted by Crippen LogP contribution is -2.41. The van der Waals surface area contributed by atoms with Gasteiger partial charge in [-0.25, -0.2) is 0 Å². The monoisotopic (exact) mass is 345 g/mol. The van der Waals surface area contributed by atoms with E-state index in [-0.39, 0.29) is 0 Å². The predicted octanol–water partition coefficient (Wildman–Crippen LogP) is 2.80. The molecule has 1 aromatic carbocycles. The summed E-state index contributed by atoms with van der Waals surface area (Å²) in [4.78, 5) is 6.88. The Morgan fingerprint density at radius 1 is 1.32 bits per heavy atom. The number of rotatable bonds is 6. The van der Waals surface area contributed by atoms with E-state index in [4.69, 9.17) is 9.47 Å². The van der Waals surface area contributed by atoms with Gasteiger partial charge >= 0.3 is 0 Å². The Hall–Kier alpha value is -1.59. The van der Waals surface area contributed by atoms with E-state index in [1.807, 2.05) is 7.05 Å². The largest absolute Gasteiger partial charge is 0.381 e. The number of benzene rings is 1. The molecule has 25 heavy (non-hydrogen) atoms. The number of ether oxygens (including phenoxy) is 2. The van der Waals surface area contributed by atoms with E-state index in [1.165, 1.54) is 24.0 Å². The first-order valence-electron chi connectivity index (χ1n) is 9.44. The summed E-state index contributed by atoms with van der Waals surface area (Å²) in [6, 6.07) is 8.48. The van der Waals surface area contributed by atoms with Crippen LogP contribution in [0.3, 0.4) is 0 Å². The van der Waals surface area contributed by atoms with Gasteiger partial charge in [-0.2, -0.15) is 0 Å². The van der Waals surface area contributed by atoms with Crippen LogP contribution in [0.15, 0.2) is 29.3 Å². The van der Waals surface area contributed by atoms with Crippen molar-refractivity contribution >= 4 is 5.96 Å². The first-order valence-corrected chi connectivity index (χ1v) is 9.44. The quantitative estimate of drug-likeness (QED) is 0.489. The van der Waals surface area contributed by atoms with E-state index < -0.39 is 0 Å². The molecule has 2 aliphatic rings. The lowest BCUT2D eigenvalue weighted by atomic mass is 9.87. The molecule has 0 aliphatic carbocycles. The molecular weight excluding hydrogens is 314 g/mol. The van der Waals surface area contributed by atoms with Crippen LogP contribution >= 0.6 is 0 Å². The lowest BCUT2D eigenvalue weighted by Gasteiger charge is -2.25. The second-order valence-electron chi connectivity index (χ2n) is 7.20. The van der Waals surface area contributed by atoms with Crippen LogP contribution in [0.25, 0.3) is 0 Å². The van der Waals surface area contributed by atoms with E-state index in [0.717, 1.165) is 51.8 Å². The molecule has 0 amide bonds. The van der Waals surface area contributed by atoms with Crippen LogP contribution < -0.4 is 5.32 Å². The Morgan fingerprint density at radius 2 is 2.16 bits per heavy atom. The number of nitrogens with one attached hydrogen (secondary N) is 1. The first kappa shape index (κ1) is 18.2. The van der Waals surface area contributed by atoms with E-state index in [0.29, 0.717) is 12.0 Å². The van der Waals surface area contributed by atoms with E-state index in [2.05, 4.69) is 46.4 Å². The maximum atomic E-state index is 5.72. The van der Waals surface area contributed by atoms with Crippen molar-refractivity contribution in [1.82, 2.24) is 10.2 Å². The summed E-state index contributed by atoms with van der Waals surface area (Å²) >= 11 is 0. The number of likely N-dealkylation sites (tertiary alicyclic amines) is 1. The van der Waals surface area contributed by atoms with Crippen molar-refractivity contribution in [2.24, 2.45) is 10.4 Å². The smallest absolute Gasteiger partial charge is 0.193 e. The molecule has 1 N–H and O–H groups in total. The third-order valence-electron chi connectivity index (χ3n) is 5.30. The van der Waals surface area contributed by atoms with Gasteiger partial charge in [-0.3, -0.25) is 4.99 Å². The van der Waals surface area contributed by atoms with Crippen LogP contribution in [-0.2, 0) is 22.6 Å². The molecule has 2 fully saturated rings. The molecule has 138 valence electrons. The normalized spacial score (nSPS) is 23.6. The number of hydrogen-bond acceptors (Lipinski definition) is 3. The SMILES string of the molecule is CCCOCc1ccccc1CNC(=NC)N1CCC2(CCOC2)C1. The molecule has 1 aromatic rings. The van der Waals surface area contributed by atoms with Crippen molar-refractivity contribution in [3.8, 4) is 0 Å². The second-order valence-corrected chi connectivity index (χ2v) is 7.20. The molecule has 3 rings (SSSR count). The van der Waals surface area contributed by atoms with Gasteiger partial charge in [0.15, 0.2) is 5.96 Å². The van der Waals surface area contributed by atoms with Crippen LogP contribution in [0.2, 0.25) is 0 Å². The summed E-state index contributed by atoms with van der Waals surface area (Å²) in [6.45, 7) is 8.31. The fourth-order valence-electron chi connectivity index (χ4n) is 3.79. The highest BCUT2D eigenvalue weighted by Gasteiger charge is 2.42. The zero-order valence-corrected chi connectivity index (χ0v) is 15.6. The van der Waals surface area contributed by atoms with Crippen LogP contribution in [0.1, 0.15) is 37.3 Å². The molecule has 5 nitrogen and oxygen atoms in total. The maximum Gasteiger partial charge on any atom is 0.193 e. The minimum Gasteiger partial charge on any atom is -0.381 e.